The van der Waals surface area contributed by atoms with Gasteiger partial charge >= 0.3 is 6.03 Å². The third kappa shape index (κ3) is 4.87. The van der Waals surface area contributed by atoms with E-state index in [1.165, 1.54) is 6.42 Å². The highest BCUT2D eigenvalue weighted by Gasteiger charge is 2.27. The largest absolute Gasteiger partial charge is 0.378 e. The molecule has 1 N–H and O–H groups in total. The maximum atomic E-state index is 12.4. The molecule has 0 aromatic heterocycles. The predicted molar refractivity (Wildman–Crippen MR) is 84.6 cm³/mol. The first-order valence-corrected chi connectivity index (χ1v) is 8.48. The Hall–Kier alpha value is -1.30. The molecule has 0 spiro atoms. The molecule has 2 fully saturated rings. The van der Waals surface area contributed by atoms with E-state index in [0.29, 0.717) is 38.3 Å². The Bertz CT molecular complexity index is 381. The summed E-state index contributed by atoms with van der Waals surface area (Å²) >= 11 is 0. The molecule has 126 valence electrons. The molecule has 0 aromatic rings. The lowest BCUT2D eigenvalue weighted by atomic mass is 9.94. The summed E-state index contributed by atoms with van der Waals surface area (Å²) in [7, 11) is 0. The molecular formula is C16H29N3O3. The number of carbonyl (C=O) groups excluding carboxylic acids is 2. The van der Waals surface area contributed by atoms with E-state index in [1.54, 1.807) is 4.90 Å². The van der Waals surface area contributed by atoms with Crippen LogP contribution in [0, 0.1) is 5.92 Å². The molecule has 0 bridgehead atoms. The summed E-state index contributed by atoms with van der Waals surface area (Å²) in [6, 6.07) is 0.221. The first-order valence-electron chi connectivity index (χ1n) is 8.48. The maximum Gasteiger partial charge on any atom is 0.318 e. The molecule has 0 aliphatic carbocycles. The third-order valence-electron chi connectivity index (χ3n) is 4.39. The van der Waals surface area contributed by atoms with Gasteiger partial charge in [-0.15, -0.1) is 0 Å². The van der Waals surface area contributed by atoms with Gasteiger partial charge in [0.25, 0.3) is 0 Å². The Morgan fingerprint density at radius 2 is 1.91 bits per heavy atom. The van der Waals surface area contributed by atoms with Gasteiger partial charge in [-0.1, -0.05) is 13.8 Å². The van der Waals surface area contributed by atoms with E-state index in [0.717, 1.165) is 25.8 Å². The van der Waals surface area contributed by atoms with Crippen LogP contribution in [0.1, 0.15) is 39.5 Å². The van der Waals surface area contributed by atoms with Crippen molar-refractivity contribution in [1.29, 1.82) is 0 Å². The second kappa shape index (κ2) is 8.36. The van der Waals surface area contributed by atoms with Crippen molar-refractivity contribution in [2.75, 3.05) is 39.4 Å². The smallest absolute Gasteiger partial charge is 0.318 e. The van der Waals surface area contributed by atoms with E-state index in [9.17, 15) is 9.59 Å². The summed E-state index contributed by atoms with van der Waals surface area (Å²) in [5.41, 5.74) is 0. The fraction of sp³-hybridized carbons (Fsp3) is 0.875. The van der Waals surface area contributed by atoms with Gasteiger partial charge in [-0.3, -0.25) is 4.79 Å². The number of urea groups is 1. The van der Waals surface area contributed by atoms with E-state index < -0.39 is 0 Å². The standard InChI is InChI=1S/C16H29N3O3/c1-13(2)11-14-5-3-4-6-19(14)16(21)17-12-15(20)18-7-9-22-10-8-18/h13-14H,3-12H2,1-2H3,(H,17,21). The summed E-state index contributed by atoms with van der Waals surface area (Å²) in [5.74, 6) is 0.558. The zero-order chi connectivity index (χ0) is 15.9. The molecule has 22 heavy (non-hydrogen) atoms. The zero-order valence-corrected chi connectivity index (χ0v) is 13.8. The minimum Gasteiger partial charge on any atom is -0.378 e. The van der Waals surface area contributed by atoms with Gasteiger partial charge in [0.05, 0.1) is 19.8 Å². The van der Waals surface area contributed by atoms with Crippen LogP contribution in [0.2, 0.25) is 0 Å². The third-order valence-corrected chi connectivity index (χ3v) is 4.39. The maximum absolute atomic E-state index is 12.4. The van der Waals surface area contributed by atoms with Crippen molar-refractivity contribution in [3.8, 4) is 0 Å². The lowest BCUT2D eigenvalue weighted by molar-refractivity contribution is -0.134. The van der Waals surface area contributed by atoms with Crippen LogP contribution in [-0.2, 0) is 9.53 Å². The second-order valence-corrected chi connectivity index (χ2v) is 6.62. The normalized spacial score (nSPS) is 22.8. The van der Waals surface area contributed by atoms with E-state index >= 15 is 0 Å². The number of nitrogens with one attached hydrogen (secondary N) is 1. The van der Waals surface area contributed by atoms with Crippen LogP contribution in [-0.4, -0.2) is 67.2 Å². The van der Waals surface area contributed by atoms with Crippen LogP contribution in [0.25, 0.3) is 0 Å². The molecule has 2 rings (SSSR count). The van der Waals surface area contributed by atoms with Gasteiger partial charge in [-0.2, -0.15) is 0 Å². The minimum atomic E-state index is -0.0908. The van der Waals surface area contributed by atoms with Crippen LogP contribution in [0.4, 0.5) is 4.79 Å². The number of carbonyl (C=O) groups is 2. The van der Waals surface area contributed by atoms with Gasteiger partial charge in [0, 0.05) is 25.7 Å². The van der Waals surface area contributed by atoms with Crippen LogP contribution >= 0.6 is 0 Å². The molecule has 2 saturated heterocycles. The highest BCUT2D eigenvalue weighted by atomic mass is 16.5. The van der Waals surface area contributed by atoms with Crippen molar-refractivity contribution in [2.45, 2.75) is 45.6 Å². The summed E-state index contributed by atoms with van der Waals surface area (Å²) in [5, 5.41) is 2.81. The molecule has 2 aliphatic heterocycles. The summed E-state index contributed by atoms with van der Waals surface area (Å²) in [4.78, 5) is 28.2. The molecule has 6 nitrogen and oxygen atoms in total. The van der Waals surface area contributed by atoms with E-state index in [4.69, 9.17) is 4.74 Å². The Morgan fingerprint density at radius 3 is 2.59 bits per heavy atom. The lowest BCUT2D eigenvalue weighted by Gasteiger charge is -2.37. The van der Waals surface area contributed by atoms with Gasteiger partial charge in [-0.25, -0.2) is 4.79 Å². The Kier molecular flexibility index (Phi) is 6.49. The number of rotatable bonds is 4. The summed E-state index contributed by atoms with van der Waals surface area (Å²) in [6.45, 7) is 7.67. The summed E-state index contributed by atoms with van der Waals surface area (Å²) in [6.07, 6.45) is 4.35. The van der Waals surface area contributed by atoms with Crippen molar-refractivity contribution in [3.63, 3.8) is 0 Å². The van der Waals surface area contributed by atoms with Gasteiger partial charge in [0.15, 0.2) is 0 Å². The van der Waals surface area contributed by atoms with Crippen molar-refractivity contribution in [3.05, 3.63) is 0 Å². The van der Waals surface area contributed by atoms with Gasteiger partial charge in [0.2, 0.25) is 5.91 Å². The highest BCUT2D eigenvalue weighted by Crippen LogP contribution is 2.22. The molecule has 6 heteroatoms. The predicted octanol–water partition coefficient (Wildman–Crippen LogP) is 1.46. The second-order valence-electron chi connectivity index (χ2n) is 6.62. The molecule has 2 aliphatic rings. The molecule has 2 heterocycles. The molecular weight excluding hydrogens is 282 g/mol. The quantitative estimate of drug-likeness (QED) is 0.855. The van der Waals surface area contributed by atoms with Crippen molar-refractivity contribution in [1.82, 2.24) is 15.1 Å². The number of ether oxygens (including phenoxy) is 1. The first-order chi connectivity index (χ1) is 10.6. The zero-order valence-electron chi connectivity index (χ0n) is 13.8. The van der Waals surface area contributed by atoms with Crippen molar-refractivity contribution in [2.24, 2.45) is 5.92 Å². The monoisotopic (exact) mass is 311 g/mol. The van der Waals surface area contributed by atoms with E-state index in [2.05, 4.69) is 19.2 Å². The number of nitrogens with zero attached hydrogens (tertiary/aromatic N) is 2. The fourth-order valence-electron chi connectivity index (χ4n) is 3.23. The molecule has 0 radical (unpaired) electrons. The number of amides is 3. The number of hydrogen-bond acceptors (Lipinski definition) is 3. The average molecular weight is 311 g/mol. The van der Waals surface area contributed by atoms with Crippen LogP contribution in [0.5, 0.6) is 0 Å². The summed E-state index contributed by atoms with van der Waals surface area (Å²) < 4.78 is 5.23. The van der Waals surface area contributed by atoms with Crippen LogP contribution in [0.3, 0.4) is 0 Å². The topological polar surface area (TPSA) is 61.9 Å². The van der Waals surface area contributed by atoms with E-state index in [1.807, 2.05) is 4.90 Å². The first kappa shape index (κ1) is 17.1. The number of morpholine rings is 1. The Labute approximate surface area is 133 Å². The molecule has 1 atom stereocenters. The highest BCUT2D eigenvalue weighted by molar-refractivity contribution is 5.84. The lowest BCUT2D eigenvalue weighted by Crippen LogP contribution is -2.52. The fourth-order valence-corrected chi connectivity index (χ4v) is 3.23. The molecule has 0 saturated carbocycles. The SMILES string of the molecule is CC(C)CC1CCCCN1C(=O)NCC(=O)N1CCOCC1. The van der Waals surface area contributed by atoms with Gasteiger partial charge < -0.3 is 19.9 Å². The number of piperidine rings is 1. The Morgan fingerprint density at radius 1 is 1.18 bits per heavy atom. The van der Waals surface area contributed by atoms with Gasteiger partial charge in [0.1, 0.15) is 0 Å². The van der Waals surface area contributed by atoms with E-state index in [-0.39, 0.29) is 18.5 Å². The van der Waals surface area contributed by atoms with Crippen molar-refractivity contribution >= 4 is 11.9 Å². The molecule has 0 aromatic carbocycles. The van der Waals surface area contributed by atoms with Crippen molar-refractivity contribution < 1.29 is 14.3 Å². The Balaban J connectivity index is 1.80. The number of hydrogen-bond donors (Lipinski definition) is 1. The van der Waals surface area contributed by atoms with Crippen LogP contribution in [0.15, 0.2) is 0 Å². The minimum absolute atomic E-state index is 0.0194. The molecule has 1 unspecified atom stereocenters. The average Bonchev–Trinajstić information content (AvgIpc) is 2.53. The van der Waals surface area contributed by atoms with Crippen LogP contribution < -0.4 is 5.32 Å². The number of likely N-dealkylation sites (tertiary alicyclic amines) is 1. The van der Waals surface area contributed by atoms with Gasteiger partial charge in [-0.05, 0) is 31.6 Å². The molecule has 3 amide bonds.